The van der Waals surface area contributed by atoms with Crippen molar-refractivity contribution in [3.8, 4) is 23.7 Å². The van der Waals surface area contributed by atoms with E-state index in [2.05, 4.69) is 52.0 Å². The summed E-state index contributed by atoms with van der Waals surface area (Å²) in [5.74, 6) is 3.39. The van der Waals surface area contributed by atoms with Gasteiger partial charge in [0.2, 0.25) is 5.91 Å². The van der Waals surface area contributed by atoms with Crippen LogP contribution in [0.4, 0.5) is 0 Å². The van der Waals surface area contributed by atoms with Crippen molar-refractivity contribution in [1.29, 1.82) is 0 Å². The fourth-order valence-electron chi connectivity index (χ4n) is 2.15. The SMILES string of the molecule is C#CCNC(=O)CSc1nnc(-c2cccc(C)c2)n1CCC. The number of terminal acetylenes is 1. The highest BCUT2D eigenvalue weighted by molar-refractivity contribution is 7.99. The lowest BCUT2D eigenvalue weighted by Gasteiger charge is -2.09. The van der Waals surface area contributed by atoms with Crippen molar-refractivity contribution in [3.63, 3.8) is 0 Å². The monoisotopic (exact) mass is 328 g/mol. The zero-order valence-electron chi connectivity index (χ0n) is 13.4. The molecule has 23 heavy (non-hydrogen) atoms. The first-order chi connectivity index (χ1) is 11.2. The van der Waals surface area contributed by atoms with Crippen LogP contribution in [0.25, 0.3) is 11.4 Å². The summed E-state index contributed by atoms with van der Waals surface area (Å²) in [6, 6.07) is 8.17. The number of aromatic nitrogens is 3. The van der Waals surface area contributed by atoms with E-state index in [1.165, 1.54) is 17.3 Å². The number of benzene rings is 1. The Labute approximate surface area is 140 Å². The number of rotatable bonds is 7. The smallest absolute Gasteiger partial charge is 0.231 e. The fourth-order valence-corrected chi connectivity index (χ4v) is 2.94. The second-order valence-electron chi connectivity index (χ2n) is 5.10. The summed E-state index contributed by atoms with van der Waals surface area (Å²) >= 11 is 1.37. The van der Waals surface area contributed by atoms with Gasteiger partial charge in [-0.3, -0.25) is 4.79 Å². The van der Waals surface area contributed by atoms with Crippen molar-refractivity contribution < 1.29 is 4.79 Å². The summed E-state index contributed by atoms with van der Waals surface area (Å²) in [5.41, 5.74) is 2.21. The molecule has 1 amide bonds. The van der Waals surface area contributed by atoms with Crippen LogP contribution in [0.2, 0.25) is 0 Å². The van der Waals surface area contributed by atoms with Crippen molar-refractivity contribution >= 4 is 17.7 Å². The van der Waals surface area contributed by atoms with Gasteiger partial charge in [0.05, 0.1) is 12.3 Å². The first-order valence-electron chi connectivity index (χ1n) is 7.49. The molecule has 5 nitrogen and oxygen atoms in total. The molecule has 0 spiro atoms. The maximum atomic E-state index is 11.7. The van der Waals surface area contributed by atoms with Crippen LogP contribution in [0.5, 0.6) is 0 Å². The zero-order valence-corrected chi connectivity index (χ0v) is 14.2. The fraction of sp³-hybridized carbons (Fsp3) is 0.353. The largest absolute Gasteiger partial charge is 0.344 e. The molecule has 6 heteroatoms. The summed E-state index contributed by atoms with van der Waals surface area (Å²) in [4.78, 5) is 11.7. The number of hydrogen-bond acceptors (Lipinski definition) is 4. The molecule has 0 bridgehead atoms. The third kappa shape index (κ3) is 4.60. The van der Waals surface area contributed by atoms with E-state index in [0.717, 1.165) is 29.5 Å². The average molecular weight is 328 g/mol. The predicted octanol–water partition coefficient (Wildman–Crippen LogP) is 2.51. The predicted molar refractivity (Wildman–Crippen MR) is 93.1 cm³/mol. The lowest BCUT2D eigenvalue weighted by atomic mass is 10.1. The summed E-state index contributed by atoms with van der Waals surface area (Å²) in [7, 11) is 0. The van der Waals surface area contributed by atoms with Crippen LogP contribution in [-0.4, -0.2) is 33.0 Å². The topological polar surface area (TPSA) is 59.8 Å². The molecule has 0 saturated carbocycles. The molecule has 1 N–H and O–H groups in total. The molecule has 1 aromatic carbocycles. The average Bonchev–Trinajstić information content (AvgIpc) is 2.94. The van der Waals surface area contributed by atoms with Gasteiger partial charge in [-0.1, -0.05) is 48.4 Å². The molecule has 0 saturated heterocycles. The Morgan fingerprint density at radius 3 is 2.96 bits per heavy atom. The third-order valence-electron chi connectivity index (χ3n) is 3.16. The van der Waals surface area contributed by atoms with Gasteiger partial charge in [0.15, 0.2) is 11.0 Å². The first-order valence-corrected chi connectivity index (χ1v) is 8.47. The third-order valence-corrected chi connectivity index (χ3v) is 4.13. The van der Waals surface area contributed by atoms with Crippen LogP contribution in [0.15, 0.2) is 29.4 Å². The minimum atomic E-state index is -0.101. The van der Waals surface area contributed by atoms with Crippen molar-refractivity contribution in [3.05, 3.63) is 29.8 Å². The van der Waals surface area contributed by atoms with E-state index in [-0.39, 0.29) is 18.2 Å². The number of carbonyl (C=O) groups is 1. The van der Waals surface area contributed by atoms with E-state index in [1.807, 2.05) is 12.1 Å². The van der Waals surface area contributed by atoms with Crippen LogP contribution in [0.3, 0.4) is 0 Å². The normalized spacial score (nSPS) is 10.3. The van der Waals surface area contributed by atoms with E-state index >= 15 is 0 Å². The van der Waals surface area contributed by atoms with Crippen molar-refractivity contribution in [2.45, 2.75) is 32.0 Å². The first kappa shape index (κ1) is 17.1. The number of amides is 1. The molecule has 2 aromatic rings. The minimum Gasteiger partial charge on any atom is -0.344 e. The van der Waals surface area contributed by atoms with Gasteiger partial charge in [-0.05, 0) is 19.4 Å². The van der Waals surface area contributed by atoms with Gasteiger partial charge in [-0.2, -0.15) is 0 Å². The number of nitrogens with zero attached hydrogens (tertiary/aromatic N) is 3. The molecule has 0 aliphatic carbocycles. The van der Waals surface area contributed by atoms with E-state index in [0.29, 0.717) is 0 Å². The van der Waals surface area contributed by atoms with Gasteiger partial charge in [0.1, 0.15) is 0 Å². The highest BCUT2D eigenvalue weighted by Crippen LogP contribution is 2.24. The molecule has 0 atom stereocenters. The second kappa shape index (κ2) is 8.39. The number of thioether (sulfide) groups is 1. The summed E-state index contributed by atoms with van der Waals surface area (Å²) in [6.45, 7) is 5.21. The lowest BCUT2D eigenvalue weighted by Crippen LogP contribution is -2.25. The molecule has 2 rings (SSSR count). The molecule has 1 heterocycles. The van der Waals surface area contributed by atoms with Crippen molar-refractivity contribution in [2.24, 2.45) is 0 Å². The van der Waals surface area contributed by atoms with Crippen LogP contribution < -0.4 is 5.32 Å². The van der Waals surface area contributed by atoms with E-state index < -0.39 is 0 Å². The van der Waals surface area contributed by atoms with Gasteiger partial charge >= 0.3 is 0 Å². The molecule has 0 fully saturated rings. The van der Waals surface area contributed by atoms with E-state index in [9.17, 15) is 4.79 Å². The van der Waals surface area contributed by atoms with Gasteiger partial charge in [-0.15, -0.1) is 16.6 Å². The Morgan fingerprint density at radius 2 is 2.26 bits per heavy atom. The van der Waals surface area contributed by atoms with Gasteiger partial charge < -0.3 is 9.88 Å². The lowest BCUT2D eigenvalue weighted by molar-refractivity contribution is -0.118. The highest BCUT2D eigenvalue weighted by Gasteiger charge is 2.15. The number of aryl methyl sites for hydroxylation is 1. The Balaban J connectivity index is 2.18. The highest BCUT2D eigenvalue weighted by atomic mass is 32.2. The molecule has 0 aliphatic rings. The van der Waals surface area contributed by atoms with E-state index in [4.69, 9.17) is 6.42 Å². The summed E-state index contributed by atoms with van der Waals surface area (Å²) in [6.07, 6.45) is 6.10. The number of carbonyl (C=O) groups excluding carboxylic acids is 1. The molecule has 120 valence electrons. The summed E-state index contributed by atoms with van der Waals surface area (Å²) in [5, 5.41) is 12.0. The van der Waals surface area contributed by atoms with Crippen LogP contribution in [-0.2, 0) is 11.3 Å². The molecule has 0 aliphatic heterocycles. The van der Waals surface area contributed by atoms with Crippen LogP contribution in [0.1, 0.15) is 18.9 Å². The molecular weight excluding hydrogens is 308 g/mol. The Hall–Kier alpha value is -2.26. The minimum absolute atomic E-state index is 0.101. The molecule has 0 unspecified atom stereocenters. The van der Waals surface area contributed by atoms with Crippen LogP contribution >= 0.6 is 11.8 Å². The quantitative estimate of drug-likeness (QED) is 0.627. The Morgan fingerprint density at radius 1 is 1.43 bits per heavy atom. The summed E-state index contributed by atoms with van der Waals surface area (Å²) < 4.78 is 2.06. The Kier molecular flexibility index (Phi) is 6.24. The van der Waals surface area contributed by atoms with Gasteiger partial charge in [0, 0.05) is 12.1 Å². The van der Waals surface area contributed by atoms with Crippen molar-refractivity contribution in [2.75, 3.05) is 12.3 Å². The maximum absolute atomic E-state index is 11.7. The molecule has 0 radical (unpaired) electrons. The standard InChI is InChI=1S/C17H20N4OS/c1-4-9-18-15(22)12-23-17-20-19-16(21(17)10-5-2)14-8-6-7-13(3)11-14/h1,6-8,11H,5,9-10,12H2,2-3H3,(H,18,22). The number of nitrogens with one attached hydrogen (secondary N) is 1. The Bertz CT molecular complexity index is 718. The van der Waals surface area contributed by atoms with Crippen molar-refractivity contribution in [1.82, 2.24) is 20.1 Å². The maximum Gasteiger partial charge on any atom is 0.231 e. The van der Waals surface area contributed by atoms with Crippen LogP contribution in [0, 0.1) is 19.3 Å². The van der Waals surface area contributed by atoms with Gasteiger partial charge in [0.25, 0.3) is 0 Å². The number of hydrogen-bond donors (Lipinski definition) is 1. The van der Waals surface area contributed by atoms with Gasteiger partial charge in [-0.25, -0.2) is 0 Å². The second-order valence-corrected chi connectivity index (χ2v) is 6.04. The molecular formula is C17H20N4OS. The van der Waals surface area contributed by atoms with E-state index in [1.54, 1.807) is 0 Å². The zero-order chi connectivity index (χ0) is 16.7. The molecule has 1 aromatic heterocycles.